The molecule has 4 fully saturated rings. The van der Waals surface area contributed by atoms with Crippen molar-refractivity contribution in [2.75, 3.05) is 0 Å². The van der Waals surface area contributed by atoms with Crippen LogP contribution < -0.4 is 0 Å². The van der Waals surface area contributed by atoms with Crippen molar-refractivity contribution in [1.29, 1.82) is 0 Å². The van der Waals surface area contributed by atoms with E-state index in [0.717, 1.165) is 25.7 Å². The molecule has 0 spiro atoms. The Hall–Kier alpha value is -0.830. The second-order valence-electron chi connectivity index (χ2n) is 15.9. The Morgan fingerprint density at radius 3 is 2.23 bits per heavy atom. The molecule has 0 aliphatic heterocycles. The van der Waals surface area contributed by atoms with Crippen molar-refractivity contribution in [3.05, 3.63) is 11.6 Å². The molecular formula is C32H52O3. The lowest BCUT2D eigenvalue weighted by atomic mass is 9.33. The minimum Gasteiger partial charge on any atom is -0.462 e. The van der Waals surface area contributed by atoms with E-state index in [9.17, 15) is 9.90 Å². The van der Waals surface area contributed by atoms with Crippen LogP contribution >= 0.6 is 0 Å². The van der Waals surface area contributed by atoms with Gasteiger partial charge in [0.2, 0.25) is 0 Å². The molecule has 0 unspecified atom stereocenters. The number of rotatable bonds is 1. The highest BCUT2D eigenvalue weighted by molar-refractivity contribution is 5.66. The molecule has 5 aliphatic rings. The van der Waals surface area contributed by atoms with Gasteiger partial charge in [-0.15, -0.1) is 0 Å². The Bertz CT molecular complexity index is 931. The first-order chi connectivity index (χ1) is 16.0. The van der Waals surface area contributed by atoms with E-state index in [-0.39, 0.29) is 50.7 Å². The predicted molar refractivity (Wildman–Crippen MR) is 142 cm³/mol. The second kappa shape index (κ2) is 7.61. The first kappa shape index (κ1) is 25.8. The number of allylic oxidation sites excluding steroid dienone is 2. The Morgan fingerprint density at radius 2 is 1.57 bits per heavy atom. The third-order valence-corrected chi connectivity index (χ3v) is 13.4. The van der Waals surface area contributed by atoms with Crippen molar-refractivity contribution in [1.82, 2.24) is 0 Å². The summed E-state index contributed by atoms with van der Waals surface area (Å²) in [5.74, 6) is 1.62. The van der Waals surface area contributed by atoms with E-state index in [1.165, 1.54) is 32.1 Å². The van der Waals surface area contributed by atoms with Gasteiger partial charge in [-0.2, -0.15) is 0 Å². The summed E-state index contributed by atoms with van der Waals surface area (Å²) in [5.41, 5.74) is 2.67. The van der Waals surface area contributed by atoms with Crippen LogP contribution in [0.15, 0.2) is 11.6 Å². The van der Waals surface area contributed by atoms with Crippen LogP contribution in [0.2, 0.25) is 0 Å². The Labute approximate surface area is 214 Å². The van der Waals surface area contributed by atoms with Crippen LogP contribution in [-0.2, 0) is 9.53 Å². The fraction of sp³-hybridized carbons (Fsp3) is 0.906. The summed E-state index contributed by atoms with van der Waals surface area (Å²) >= 11 is 0. The van der Waals surface area contributed by atoms with Gasteiger partial charge in [-0.1, -0.05) is 67.0 Å². The maximum absolute atomic E-state index is 12.1. The van der Waals surface area contributed by atoms with Crippen LogP contribution in [0.1, 0.15) is 120 Å². The standard InChI is InChI=1S/C32H52O3/c1-20(33)35-26-19-27(2,3)18-22-21-10-11-24-30(7)14-13-25(34)28(4,5)23(30)12-15-32(24,9)31(21,8)17-16-29(22,26)6/h10,22-26,34H,11-19H2,1-9H3/t22-,23+,24+,25-,26+,29+,30-,31+,32+/m0/s1. The third-order valence-electron chi connectivity index (χ3n) is 13.4. The first-order valence-electron chi connectivity index (χ1n) is 14.6. The molecule has 0 saturated heterocycles. The molecule has 5 aliphatic carbocycles. The lowest BCUT2D eigenvalue weighted by Crippen LogP contribution is -2.65. The average molecular weight is 485 g/mol. The Morgan fingerprint density at radius 1 is 0.886 bits per heavy atom. The molecule has 1 N–H and O–H groups in total. The number of aliphatic hydroxyl groups excluding tert-OH is 1. The van der Waals surface area contributed by atoms with Crippen LogP contribution in [0.5, 0.6) is 0 Å². The molecule has 9 atom stereocenters. The van der Waals surface area contributed by atoms with Gasteiger partial charge in [0.25, 0.3) is 0 Å². The van der Waals surface area contributed by atoms with Crippen LogP contribution in [-0.4, -0.2) is 23.3 Å². The van der Waals surface area contributed by atoms with Gasteiger partial charge in [0.15, 0.2) is 0 Å². The van der Waals surface area contributed by atoms with Crippen molar-refractivity contribution < 1.29 is 14.6 Å². The summed E-state index contributed by atoms with van der Waals surface area (Å²) in [7, 11) is 0. The van der Waals surface area contributed by atoms with E-state index in [1.807, 2.05) is 0 Å². The largest absolute Gasteiger partial charge is 0.462 e. The number of esters is 1. The summed E-state index contributed by atoms with van der Waals surface area (Å²) in [5, 5.41) is 10.9. The predicted octanol–water partition coefficient (Wildman–Crippen LogP) is 7.71. The molecule has 0 aromatic carbocycles. The van der Waals surface area contributed by atoms with Crippen LogP contribution in [0.25, 0.3) is 0 Å². The summed E-state index contributed by atoms with van der Waals surface area (Å²) in [4.78, 5) is 12.1. The molecule has 3 heteroatoms. The number of ether oxygens (including phenoxy) is 1. The number of carbonyl (C=O) groups is 1. The van der Waals surface area contributed by atoms with E-state index in [4.69, 9.17) is 4.74 Å². The third kappa shape index (κ3) is 3.34. The maximum atomic E-state index is 12.1. The lowest BCUT2D eigenvalue weighted by Gasteiger charge is -2.71. The van der Waals surface area contributed by atoms with E-state index in [1.54, 1.807) is 12.5 Å². The zero-order chi connectivity index (χ0) is 25.8. The number of fused-ring (bicyclic) bond motifs is 7. The minimum atomic E-state index is -0.173. The summed E-state index contributed by atoms with van der Waals surface area (Å²) in [6, 6.07) is 0. The van der Waals surface area contributed by atoms with E-state index in [2.05, 4.69) is 61.5 Å². The molecule has 5 rings (SSSR count). The quantitative estimate of drug-likeness (QED) is 0.306. The molecule has 0 bridgehead atoms. The van der Waals surface area contributed by atoms with Crippen molar-refractivity contribution in [2.24, 2.45) is 50.2 Å². The van der Waals surface area contributed by atoms with Crippen LogP contribution in [0, 0.1) is 50.2 Å². The molecule has 0 heterocycles. The summed E-state index contributed by atoms with van der Waals surface area (Å²) in [6.45, 7) is 21.3. The van der Waals surface area contributed by atoms with Gasteiger partial charge in [-0.3, -0.25) is 4.79 Å². The van der Waals surface area contributed by atoms with Gasteiger partial charge in [-0.05, 0) is 103 Å². The van der Waals surface area contributed by atoms with E-state index in [0.29, 0.717) is 17.8 Å². The molecule has 35 heavy (non-hydrogen) atoms. The van der Waals surface area contributed by atoms with Gasteiger partial charge in [0.05, 0.1) is 6.10 Å². The SMILES string of the molecule is CC(=O)O[C@@H]1CC(C)(C)C[C@H]2C3=CC[C@@H]4[C@@]5(C)CC[C@H](O)C(C)(C)[C@H]5CC[C@@]4(C)[C@]3(C)CC[C@@]12C. The molecule has 198 valence electrons. The fourth-order valence-corrected chi connectivity index (χ4v) is 11.0. The van der Waals surface area contributed by atoms with Crippen molar-refractivity contribution in [3.8, 4) is 0 Å². The highest BCUT2D eigenvalue weighted by Gasteiger charge is 2.68. The Balaban J connectivity index is 1.57. The zero-order valence-corrected chi connectivity index (χ0v) is 24.1. The Kier molecular flexibility index (Phi) is 5.61. The van der Waals surface area contributed by atoms with Gasteiger partial charge in [0.1, 0.15) is 6.10 Å². The highest BCUT2D eigenvalue weighted by atomic mass is 16.5. The van der Waals surface area contributed by atoms with Crippen molar-refractivity contribution in [3.63, 3.8) is 0 Å². The zero-order valence-electron chi connectivity index (χ0n) is 24.1. The first-order valence-corrected chi connectivity index (χ1v) is 14.6. The maximum Gasteiger partial charge on any atom is 0.302 e. The number of hydrogen-bond donors (Lipinski definition) is 1. The smallest absolute Gasteiger partial charge is 0.302 e. The topological polar surface area (TPSA) is 46.5 Å². The summed E-state index contributed by atoms with van der Waals surface area (Å²) in [6.07, 6.45) is 12.8. The molecule has 0 aromatic heterocycles. The molecule has 4 saturated carbocycles. The number of hydrogen-bond acceptors (Lipinski definition) is 3. The van der Waals surface area contributed by atoms with Crippen LogP contribution in [0.4, 0.5) is 0 Å². The van der Waals surface area contributed by atoms with Gasteiger partial charge in [-0.25, -0.2) is 0 Å². The molecule has 0 amide bonds. The van der Waals surface area contributed by atoms with Crippen LogP contribution in [0.3, 0.4) is 0 Å². The van der Waals surface area contributed by atoms with Gasteiger partial charge < -0.3 is 9.84 Å². The van der Waals surface area contributed by atoms with Crippen molar-refractivity contribution in [2.45, 2.75) is 132 Å². The molecule has 3 nitrogen and oxygen atoms in total. The van der Waals surface area contributed by atoms with Gasteiger partial charge >= 0.3 is 5.97 Å². The second-order valence-corrected chi connectivity index (χ2v) is 15.9. The van der Waals surface area contributed by atoms with Crippen molar-refractivity contribution >= 4 is 5.97 Å². The summed E-state index contributed by atoms with van der Waals surface area (Å²) < 4.78 is 6.07. The normalized spacial score (nSPS) is 52.2. The minimum absolute atomic E-state index is 0.00495. The average Bonchev–Trinajstić information content (AvgIpc) is 2.73. The highest BCUT2D eigenvalue weighted by Crippen LogP contribution is 2.75. The molecular weight excluding hydrogens is 432 g/mol. The monoisotopic (exact) mass is 484 g/mol. The lowest BCUT2D eigenvalue weighted by molar-refractivity contribution is -0.210. The fourth-order valence-electron chi connectivity index (χ4n) is 11.0. The van der Waals surface area contributed by atoms with E-state index < -0.39 is 0 Å². The number of aliphatic hydroxyl groups is 1. The van der Waals surface area contributed by atoms with E-state index >= 15 is 0 Å². The molecule has 0 radical (unpaired) electrons. The molecule has 0 aromatic rings. The number of carbonyl (C=O) groups excluding carboxylic acids is 1. The van der Waals surface area contributed by atoms with Gasteiger partial charge in [0, 0.05) is 12.3 Å².